The zero-order valence-corrected chi connectivity index (χ0v) is 13.7. The number of amides is 2. The summed E-state index contributed by atoms with van der Waals surface area (Å²) in [5.74, 6) is 0.516. The van der Waals surface area contributed by atoms with Gasteiger partial charge in [-0.25, -0.2) is 14.3 Å². The van der Waals surface area contributed by atoms with Gasteiger partial charge in [-0.15, -0.1) is 0 Å². The fraction of sp³-hybridized carbons (Fsp3) is 0.176. The van der Waals surface area contributed by atoms with Crippen LogP contribution in [0.4, 0.5) is 10.5 Å². The second-order valence-electron chi connectivity index (χ2n) is 5.75. The highest BCUT2D eigenvalue weighted by atomic mass is 16.3. The fourth-order valence-corrected chi connectivity index (χ4v) is 2.78. The molecule has 9 nitrogen and oxygen atoms in total. The van der Waals surface area contributed by atoms with Crippen molar-refractivity contribution in [2.24, 2.45) is 0 Å². The zero-order valence-electron chi connectivity index (χ0n) is 13.7. The normalized spacial score (nSPS) is 13.1. The van der Waals surface area contributed by atoms with Crippen LogP contribution < -0.4 is 15.9 Å². The van der Waals surface area contributed by atoms with Crippen LogP contribution in [0.3, 0.4) is 0 Å². The van der Waals surface area contributed by atoms with Crippen molar-refractivity contribution in [3.05, 3.63) is 70.8 Å². The molecule has 0 saturated carbocycles. The van der Waals surface area contributed by atoms with E-state index in [2.05, 4.69) is 10.4 Å². The van der Waals surface area contributed by atoms with Gasteiger partial charge < -0.3 is 9.73 Å². The molecule has 132 valence electrons. The molecule has 2 aromatic heterocycles. The van der Waals surface area contributed by atoms with Crippen LogP contribution in [0.2, 0.25) is 0 Å². The number of para-hydroxylation sites is 1. The summed E-state index contributed by atoms with van der Waals surface area (Å²) in [6.45, 7) is 0.131. The summed E-state index contributed by atoms with van der Waals surface area (Å²) in [6.07, 6.45) is 1.51. The minimum atomic E-state index is -0.628. The number of anilines is 1. The van der Waals surface area contributed by atoms with Crippen LogP contribution >= 0.6 is 0 Å². The van der Waals surface area contributed by atoms with Crippen LogP contribution in [0.1, 0.15) is 11.6 Å². The Morgan fingerprint density at radius 3 is 2.65 bits per heavy atom. The van der Waals surface area contributed by atoms with Gasteiger partial charge in [0.25, 0.3) is 0 Å². The molecule has 1 aliphatic rings. The SMILES string of the molecule is O=C(Cn1nc2n(c1=O)C(=O)N(c1ccccc1)C2)NCc1ccco1. The van der Waals surface area contributed by atoms with E-state index < -0.39 is 17.6 Å². The molecule has 1 aliphatic heterocycles. The highest BCUT2D eigenvalue weighted by Crippen LogP contribution is 2.21. The number of hydrogen-bond donors (Lipinski definition) is 1. The molecule has 26 heavy (non-hydrogen) atoms. The van der Waals surface area contributed by atoms with Crippen molar-refractivity contribution >= 4 is 17.6 Å². The molecule has 0 bridgehead atoms. The van der Waals surface area contributed by atoms with Crippen LogP contribution in [0.5, 0.6) is 0 Å². The highest BCUT2D eigenvalue weighted by Gasteiger charge is 2.33. The maximum absolute atomic E-state index is 12.5. The average molecular weight is 353 g/mol. The first kappa shape index (κ1) is 15.9. The predicted molar refractivity (Wildman–Crippen MR) is 90.5 cm³/mol. The van der Waals surface area contributed by atoms with Crippen molar-refractivity contribution in [2.75, 3.05) is 4.90 Å². The van der Waals surface area contributed by atoms with E-state index >= 15 is 0 Å². The molecule has 1 aromatic carbocycles. The Bertz CT molecular complexity index is 1000. The molecule has 0 atom stereocenters. The number of fused-ring (bicyclic) bond motifs is 1. The van der Waals surface area contributed by atoms with Gasteiger partial charge in [0.1, 0.15) is 12.3 Å². The largest absolute Gasteiger partial charge is 0.467 e. The Hall–Kier alpha value is -3.62. The third-order valence-electron chi connectivity index (χ3n) is 4.03. The number of aromatic nitrogens is 3. The van der Waals surface area contributed by atoms with E-state index in [1.807, 2.05) is 18.2 Å². The summed E-state index contributed by atoms with van der Waals surface area (Å²) >= 11 is 0. The minimum absolute atomic E-state index is 0.180. The van der Waals surface area contributed by atoms with Gasteiger partial charge in [0.2, 0.25) is 5.91 Å². The van der Waals surface area contributed by atoms with Crippen molar-refractivity contribution in [3.63, 3.8) is 0 Å². The predicted octanol–water partition coefficient (Wildman–Crippen LogP) is 0.942. The summed E-state index contributed by atoms with van der Waals surface area (Å²) < 4.78 is 7.11. The number of nitrogens with one attached hydrogen (secondary N) is 1. The van der Waals surface area contributed by atoms with E-state index in [1.165, 1.54) is 11.2 Å². The maximum Gasteiger partial charge on any atom is 0.354 e. The van der Waals surface area contributed by atoms with E-state index in [0.717, 1.165) is 9.25 Å². The molecular weight excluding hydrogens is 338 g/mol. The number of rotatable bonds is 5. The van der Waals surface area contributed by atoms with Crippen LogP contribution in [0.15, 0.2) is 57.9 Å². The topological polar surface area (TPSA) is 102 Å². The van der Waals surface area contributed by atoms with E-state index in [9.17, 15) is 14.4 Å². The van der Waals surface area contributed by atoms with E-state index in [0.29, 0.717) is 17.3 Å². The molecule has 0 saturated heterocycles. The number of furan rings is 1. The van der Waals surface area contributed by atoms with Crippen molar-refractivity contribution < 1.29 is 14.0 Å². The third-order valence-corrected chi connectivity index (χ3v) is 4.03. The molecule has 9 heteroatoms. The Morgan fingerprint density at radius 1 is 1.15 bits per heavy atom. The summed E-state index contributed by atoms with van der Waals surface area (Å²) in [4.78, 5) is 38.4. The third kappa shape index (κ3) is 2.79. The number of hydrogen-bond acceptors (Lipinski definition) is 5. The molecule has 1 N–H and O–H groups in total. The first-order chi connectivity index (χ1) is 12.6. The highest BCUT2D eigenvalue weighted by molar-refractivity contribution is 5.96. The first-order valence-corrected chi connectivity index (χ1v) is 7.98. The van der Waals surface area contributed by atoms with E-state index in [4.69, 9.17) is 4.42 Å². The number of nitrogens with zero attached hydrogens (tertiary/aromatic N) is 4. The van der Waals surface area contributed by atoms with Gasteiger partial charge in [-0.2, -0.15) is 9.67 Å². The lowest BCUT2D eigenvalue weighted by molar-refractivity contribution is -0.122. The minimum Gasteiger partial charge on any atom is -0.467 e. The summed E-state index contributed by atoms with van der Waals surface area (Å²) in [7, 11) is 0. The second-order valence-corrected chi connectivity index (χ2v) is 5.75. The quantitative estimate of drug-likeness (QED) is 0.735. The molecule has 0 aliphatic carbocycles. The van der Waals surface area contributed by atoms with Gasteiger partial charge in [0, 0.05) is 5.69 Å². The number of carbonyl (C=O) groups is 2. The number of carbonyl (C=O) groups excluding carboxylic acids is 2. The van der Waals surface area contributed by atoms with Crippen LogP contribution in [-0.4, -0.2) is 26.3 Å². The Balaban J connectivity index is 1.47. The smallest absolute Gasteiger partial charge is 0.354 e. The lowest BCUT2D eigenvalue weighted by Gasteiger charge is -2.14. The van der Waals surface area contributed by atoms with Crippen molar-refractivity contribution in [2.45, 2.75) is 19.6 Å². The molecule has 2 amide bonds. The van der Waals surface area contributed by atoms with Crippen molar-refractivity contribution in [1.29, 1.82) is 0 Å². The monoisotopic (exact) mass is 353 g/mol. The lowest BCUT2D eigenvalue weighted by atomic mass is 10.3. The average Bonchev–Trinajstić information content (AvgIpc) is 3.34. The van der Waals surface area contributed by atoms with Crippen LogP contribution in [0, 0.1) is 0 Å². The van der Waals surface area contributed by atoms with Crippen molar-refractivity contribution in [1.82, 2.24) is 19.7 Å². The first-order valence-electron chi connectivity index (χ1n) is 7.98. The van der Waals surface area contributed by atoms with Gasteiger partial charge in [-0.05, 0) is 24.3 Å². The Kier molecular flexibility index (Phi) is 3.88. The standard InChI is InChI=1S/C17H15N5O4/c23-15(18-9-13-7-4-8-26-13)11-21-17(25)22-14(19-21)10-20(16(22)24)12-5-2-1-3-6-12/h1-8H,9-11H2,(H,18,23). The Morgan fingerprint density at radius 2 is 1.96 bits per heavy atom. The van der Waals surface area contributed by atoms with Crippen LogP contribution in [0.25, 0.3) is 0 Å². The second kappa shape index (κ2) is 6.36. The summed E-state index contributed by atoms with van der Waals surface area (Å²) in [5, 5.41) is 6.76. The molecule has 0 unspecified atom stereocenters. The van der Waals surface area contributed by atoms with E-state index in [1.54, 1.807) is 24.3 Å². The van der Waals surface area contributed by atoms with Crippen molar-refractivity contribution in [3.8, 4) is 0 Å². The molecule has 3 heterocycles. The van der Waals surface area contributed by atoms with E-state index in [-0.39, 0.29) is 19.6 Å². The zero-order chi connectivity index (χ0) is 18.1. The fourth-order valence-electron chi connectivity index (χ4n) is 2.78. The van der Waals surface area contributed by atoms with Gasteiger partial charge in [0.15, 0.2) is 5.82 Å². The Labute approximate surface area is 147 Å². The molecule has 3 aromatic rings. The van der Waals surface area contributed by atoms with Crippen LogP contribution in [-0.2, 0) is 24.4 Å². The van der Waals surface area contributed by atoms with Gasteiger partial charge in [-0.3, -0.25) is 9.69 Å². The molecule has 0 spiro atoms. The molecule has 4 rings (SSSR count). The molecule has 0 fully saturated rings. The number of benzene rings is 1. The summed E-state index contributed by atoms with van der Waals surface area (Å²) in [5.41, 5.74) is 0.0571. The molecule has 0 radical (unpaired) electrons. The van der Waals surface area contributed by atoms with Gasteiger partial charge in [0.05, 0.1) is 19.4 Å². The molecular formula is C17H15N5O4. The lowest BCUT2D eigenvalue weighted by Crippen LogP contribution is -2.37. The maximum atomic E-state index is 12.5. The van der Waals surface area contributed by atoms with Gasteiger partial charge in [-0.1, -0.05) is 18.2 Å². The van der Waals surface area contributed by atoms with Gasteiger partial charge >= 0.3 is 11.7 Å². The summed E-state index contributed by atoms with van der Waals surface area (Å²) in [6, 6.07) is 12.0.